The van der Waals surface area contributed by atoms with Gasteiger partial charge in [0.1, 0.15) is 5.82 Å². The van der Waals surface area contributed by atoms with Crippen LogP contribution in [-0.2, 0) is 21.5 Å². The molecule has 1 saturated carbocycles. The van der Waals surface area contributed by atoms with E-state index in [1.165, 1.54) is 5.56 Å². The van der Waals surface area contributed by atoms with E-state index >= 15 is 0 Å². The predicted octanol–water partition coefficient (Wildman–Crippen LogP) is 4.27. The maximum atomic E-state index is 13.4. The number of carbonyl (C=O) groups is 1. The van der Waals surface area contributed by atoms with E-state index < -0.39 is 5.54 Å². The van der Waals surface area contributed by atoms with Gasteiger partial charge >= 0.3 is 0 Å². The third-order valence-electron chi connectivity index (χ3n) is 8.02. The number of aromatic nitrogens is 3. The van der Waals surface area contributed by atoms with Crippen molar-refractivity contribution in [3.63, 3.8) is 0 Å². The molecule has 7 heteroatoms. The van der Waals surface area contributed by atoms with E-state index in [0.717, 1.165) is 72.6 Å². The number of morpholine rings is 1. The van der Waals surface area contributed by atoms with Crippen molar-refractivity contribution in [1.29, 1.82) is 0 Å². The number of carbonyl (C=O) groups excluding carboxylic acids is 1. The van der Waals surface area contributed by atoms with Crippen LogP contribution in [-0.4, -0.2) is 58.1 Å². The van der Waals surface area contributed by atoms with Crippen LogP contribution in [0.1, 0.15) is 51.3 Å². The molecule has 1 atom stereocenters. The maximum absolute atomic E-state index is 13.4. The van der Waals surface area contributed by atoms with Crippen LogP contribution >= 0.6 is 0 Å². The van der Waals surface area contributed by atoms with Crippen LogP contribution in [0.2, 0.25) is 0 Å². The third kappa shape index (κ3) is 3.32. The molecule has 4 heterocycles. The highest BCUT2D eigenvalue weighted by Crippen LogP contribution is 2.42. The van der Waals surface area contributed by atoms with E-state index in [4.69, 9.17) is 14.7 Å². The number of fused-ring (bicyclic) bond motifs is 2. The molecule has 0 radical (unpaired) electrons. The lowest BCUT2D eigenvalue weighted by molar-refractivity contribution is -0.145. The molecule has 1 saturated heterocycles. The number of hydrogen-bond acceptors (Lipinski definition) is 5. The second-order valence-corrected chi connectivity index (χ2v) is 10.5. The van der Waals surface area contributed by atoms with Crippen molar-refractivity contribution < 1.29 is 9.53 Å². The van der Waals surface area contributed by atoms with E-state index in [2.05, 4.69) is 53.8 Å². The molecule has 3 aliphatic rings. The Morgan fingerprint density at radius 3 is 2.79 bits per heavy atom. The summed E-state index contributed by atoms with van der Waals surface area (Å²) in [5.41, 5.74) is 3.76. The summed E-state index contributed by atoms with van der Waals surface area (Å²) >= 11 is 0. The van der Waals surface area contributed by atoms with Gasteiger partial charge in [0.25, 0.3) is 0 Å². The summed E-state index contributed by atoms with van der Waals surface area (Å²) in [6, 6.07) is 8.54. The predicted molar refractivity (Wildman–Crippen MR) is 133 cm³/mol. The first-order chi connectivity index (χ1) is 16.4. The second kappa shape index (κ2) is 8.08. The highest BCUT2D eigenvalue weighted by atomic mass is 16.5. The van der Waals surface area contributed by atoms with Crippen LogP contribution in [0, 0.1) is 5.92 Å². The molecule has 1 aliphatic carbocycles. The van der Waals surface area contributed by atoms with Gasteiger partial charge in [-0.1, -0.05) is 18.6 Å². The van der Waals surface area contributed by atoms with Gasteiger partial charge in [-0.05, 0) is 52.2 Å². The second-order valence-electron chi connectivity index (χ2n) is 10.5. The number of nitrogens with zero attached hydrogens (tertiary/aromatic N) is 4. The van der Waals surface area contributed by atoms with Gasteiger partial charge in [0.05, 0.1) is 30.5 Å². The monoisotopic (exact) mass is 459 g/mol. The minimum atomic E-state index is -0.492. The Morgan fingerprint density at radius 2 is 2.03 bits per heavy atom. The van der Waals surface area contributed by atoms with Crippen molar-refractivity contribution in [3.05, 3.63) is 41.7 Å². The SMILES string of the molecule is C[C@@H]1COCCN1c1nc(-c2cccc3[nH]ccc23)nc2c1CCN(C(=O)C1CCC1)C2(C)C. The number of hydrogen-bond donors (Lipinski definition) is 1. The lowest BCUT2D eigenvalue weighted by Gasteiger charge is -2.47. The molecule has 1 N–H and O–H groups in total. The quantitative estimate of drug-likeness (QED) is 0.633. The number of aromatic amines is 1. The number of benzene rings is 1. The Kier molecular flexibility index (Phi) is 5.13. The summed E-state index contributed by atoms with van der Waals surface area (Å²) in [6.45, 7) is 9.42. The van der Waals surface area contributed by atoms with E-state index in [1.54, 1.807) is 0 Å². The molecule has 0 bridgehead atoms. The topological polar surface area (TPSA) is 74.3 Å². The van der Waals surface area contributed by atoms with E-state index in [-0.39, 0.29) is 17.9 Å². The molecule has 0 unspecified atom stereocenters. The van der Waals surface area contributed by atoms with Crippen LogP contribution in [0.15, 0.2) is 30.5 Å². The zero-order valence-corrected chi connectivity index (χ0v) is 20.3. The van der Waals surface area contributed by atoms with Gasteiger partial charge in [-0.2, -0.15) is 0 Å². The molecule has 7 nitrogen and oxygen atoms in total. The van der Waals surface area contributed by atoms with E-state index in [0.29, 0.717) is 13.2 Å². The van der Waals surface area contributed by atoms with E-state index in [1.807, 2.05) is 12.3 Å². The van der Waals surface area contributed by atoms with Gasteiger partial charge in [-0.3, -0.25) is 4.79 Å². The lowest BCUT2D eigenvalue weighted by Crippen LogP contribution is -2.54. The summed E-state index contributed by atoms with van der Waals surface area (Å²) in [7, 11) is 0. The number of amides is 1. The van der Waals surface area contributed by atoms with Gasteiger partial charge in [0.2, 0.25) is 5.91 Å². The summed E-state index contributed by atoms with van der Waals surface area (Å²) in [6.07, 6.45) is 5.93. The Labute approximate surface area is 200 Å². The Balaban J connectivity index is 1.53. The lowest BCUT2D eigenvalue weighted by atomic mass is 9.80. The van der Waals surface area contributed by atoms with Gasteiger partial charge in [-0.25, -0.2) is 9.97 Å². The fourth-order valence-corrected chi connectivity index (χ4v) is 5.78. The molecule has 34 heavy (non-hydrogen) atoms. The summed E-state index contributed by atoms with van der Waals surface area (Å²) < 4.78 is 5.73. The van der Waals surface area contributed by atoms with Crippen LogP contribution in [0.25, 0.3) is 22.3 Å². The fraction of sp³-hybridized carbons (Fsp3) is 0.519. The average molecular weight is 460 g/mol. The van der Waals surface area contributed by atoms with Crippen LogP contribution in [0.3, 0.4) is 0 Å². The van der Waals surface area contributed by atoms with Crippen molar-refractivity contribution in [2.45, 2.75) is 58.0 Å². The summed E-state index contributed by atoms with van der Waals surface area (Å²) in [5.74, 6) is 2.20. The molecule has 1 amide bonds. The molecular weight excluding hydrogens is 426 g/mol. The van der Waals surface area contributed by atoms with Gasteiger partial charge < -0.3 is 19.5 Å². The number of nitrogens with one attached hydrogen (secondary N) is 1. The number of H-pyrrole nitrogens is 1. The largest absolute Gasteiger partial charge is 0.377 e. The third-order valence-corrected chi connectivity index (χ3v) is 8.02. The molecule has 2 aromatic heterocycles. The van der Waals surface area contributed by atoms with Crippen LogP contribution < -0.4 is 4.90 Å². The van der Waals surface area contributed by atoms with Crippen molar-refractivity contribution in [2.75, 3.05) is 31.2 Å². The van der Waals surface area contributed by atoms with Crippen LogP contribution in [0.5, 0.6) is 0 Å². The highest BCUT2D eigenvalue weighted by Gasteiger charge is 2.44. The van der Waals surface area contributed by atoms with Gasteiger partial charge in [0.15, 0.2) is 5.82 Å². The first kappa shape index (κ1) is 21.6. The average Bonchev–Trinajstić information content (AvgIpc) is 3.27. The molecule has 6 rings (SSSR count). The van der Waals surface area contributed by atoms with Gasteiger partial charge in [-0.15, -0.1) is 0 Å². The standard InChI is InChI=1S/C27H33N5O2/c1-17-16-34-15-14-31(17)25-21-11-13-32(26(33)18-6-4-7-18)27(2,3)23(21)29-24(30-25)20-8-5-9-22-19(20)10-12-28-22/h5,8-10,12,17-18,28H,4,6-7,11,13-16H2,1-3H3/t17-/m1/s1. The first-order valence-electron chi connectivity index (χ1n) is 12.6. The van der Waals surface area contributed by atoms with Gasteiger partial charge in [0, 0.05) is 47.2 Å². The van der Waals surface area contributed by atoms with E-state index in [9.17, 15) is 4.79 Å². The molecule has 0 spiro atoms. The Bertz CT molecular complexity index is 1250. The van der Waals surface area contributed by atoms with Crippen molar-refractivity contribution in [2.24, 2.45) is 5.92 Å². The van der Waals surface area contributed by atoms with Crippen LogP contribution in [0.4, 0.5) is 5.82 Å². The fourth-order valence-electron chi connectivity index (χ4n) is 5.78. The smallest absolute Gasteiger partial charge is 0.226 e. The molecule has 178 valence electrons. The molecule has 3 aromatic rings. The first-order valence-corrected chi connectivity index (χ1v) is 12.6. The summed E-state index contributed by atoms with van der Waals surface area (Å²) in [4.78, 5) is 31.6. The molecule has 2 fully saturated rings. The Hall–Kier alpha value is -2.93. The minimum Gasteiger partial charge on any atom is -0.377 e. The number of rotatable bonds is 3. The molecular formula is C27H33N5O2. The highest BCUT2D eigenvalue weighted by molar-refractivity contribution is 5.93. The van der Waals surface area contributed by atoms with Crippen molar-refractivity contribution in [3.8, 4) is 11.4 Å². The number of anilines is 1. The maximum Gasteiger partial charge on any atom is 0.226 e. The molecule has 1 aromatic carbocycles. The number of ether oxygens (including phenoxy) is 1. The summed E-state index contributed by atoms with van der Waals surface area (Å²) in [5, 5.41) is 1.11. The normalized spacial score (nSPS) is 22.5. The molecule has 2 aliphatic heterocycles. The zero-order valence-electron chi connectivity index (χ0n) is 20.3. The minimum absolute atomic E-state index is 0.175. The van der Waals surface area contributed by atoms with Crippen molar-refractivity contribution in [1.82, 2.24) is 19.9 Å². The van der Waals surface area contributed by atoms with Crippen molar-refractivity contribution >= 4 is 22.6 Å². The Morgan fingerprint density at radius 1 is 1.18 bits per heavy atom. The zero-order chi connectivity index (χ0) is 23.4.